The molecule has 0 aliphatic rings. The lowest BCUT2D eigenvalue weighted by Gasteiger charge is -1.98. The van der Waals surface area contributed by atoms with E-state index in [4.69, 9.17) is 4.74 Å². The molecule has 2 heteroatoms. The summed E-state index contributed by atoms with van der Waals surface area (Å²) in [6, 6.07) is 0. The molecule has 0 aliphatic heterocycles. The predicted molar refractivity (Wildman–Crippen MR) is 54.3 cm³/mol. The third-order valence-electron chi connectivity index (χ3n) is 1.33. The Kier molecular flexibility index (Phi) is 6.60. The molecule has 2 nitrogen and oxygen atoms in total. The van der Waals surface area contributed by atoms with Crippen molar-refractivity contribution in [3.8, 4) is 0 Å². The van der Waals surface area contributed by atoms with Gasteiger partial charge in [0.2, 0.25) is 0 Å². The fourth-order valence-electron chi connectivity index (χ4n) is 0.626. The molecule has 0 N–H and O–H groups in total. The Bertz CT molecular complexity index is 224. The van der Waals surface area contributed by atoms with Gasteiger partial charge in [0, 0.05) is 5.57 Å². The first kappa shape index (κ1) is 11.7. The Morgan fingerprint density at radius 1 is 1.38 bits per heavy atom. The zero-order valence-electron chi connectivity index (χ0n) is 8.25. The van der Waals surface area contributed by atoms with Crippen LogP contribution in [0.15, 0.2) is 36.5 Å². The van der Waals surface area contributed by atoms with E-state index in [1.54, 1.807) is 6.92 Å². The maximum absolute atomic E-state index is 10.9. The van der Waals surface area contributed by atoms with E-state index in [0.29, 0.717) is 12.2 Å². The van der Waals surface area contributed by atoms with Crippen molar-refractivity contribution in [2.24, 2.45) is 0 Å². The average molecular weight is 180 g/mol. The van der Waals surface area contributed by atoms with Gasteiger partial charge in [-0.3, -0.25) is 0 Å². The first-order valence-corrected chi connectivity index (χ1v) is 4.27. The molecule has 0 rings (SSSR count). The van der Waals surface area contributed by atoms with Crippen molar-refractivity contribution in [1.82, 2.24) is 0 Å². The summed E-state index contributed by atoms with van der Waals surface area (Å²) in [5, 5.41) is 0. The van der Waals surface area contributed by atoms with Crippen LogP contribution in [-0.4, -0.2) is 12.6 Å². The van der Waals surface area contributed by atoms with Gasteiger partial charge in [-0.25, -0.2) is 4.79 Å². The lowest BCUT2D eigenvalue weighted by molar-refractivity contribution is -0.137. The van der Waals surface area contributed by atoms with Crippen molar-refractivity contribution in [1.29, 1.82) is 0 Å². The number of hydrogen-bond donors (Lipinski definition) is 0. The van der Waals surface area contributed by atoms with Crippen LogP contribution >= 0.6 is 0 Å². The van der Waals surface area contributed by atoms with E-state index in [9.17, 15) is 4.79 Å². The summed E-state index contributed by atoms with van der Waals surface area (Å²) >= 11 is 0. The van der Waals surface area contributed by atoms with Gasteiger partial charge in [-0.15, -0.1) is 0 Å². The van der Waals surface area contributed by atoms with Crippen molar-refractivity contribution in [2.75, 3.05) is 6.61 Å². The second-order valence-electron chi connectivity index (χ2n) is 2.65. The van der Waals surface area contributed by atoms with Gasteiger partial charge in [0.15, 0.2) is 0 Å². The van der Waals surface area contributed by atoms with Gasteiger partial charge in [-0.05, 0) is 20.3 Å². The SMILES string of the molecule is C=C(C)C(=O)OCC=CCC=CC. The topological polar surface area (TPSA) is 26.3 Å². The molecular formula is C11H16O2. The number of allylic oxidation sites excluding steroid dienone is 3. The third-order valence-corrected chi connectivity index (χ3v) is 1.33. The number of carbonyl (C=O) groups excluding carboxylic acids is 1. The van der Waals surface area contributed by atoms with Gasteiger partial charge >= 0.3 is 5.97 Å². The van der Waals surface area contributed by atoms with Crippen molar-refractivity contribution in [3.63, 3.8) is 0 Å². The molecule has 0 aromatic carbocycles. The summed E-state index contributed by atoms with van der Waals surface area (Å²) in [4.78, 5) is 10.9. The van der Waals surface area contributed by atoms with Crippen LogP contribution in [0.4, 0.5) is 0 Å². The molecule has 0 radical (unpaired) electrons. The van der Waals surface area contributed by atoms with E-state index in [1.807, 2.05) is 31.2 Å². The molecule has 0 bridgehead atoms. The van der Waals surface area contributed by atoms with Gasteiger partial charge < -0.3 is 4.74 Å². The predicted octanol–water partition coefficient (Wildman–Crippen LogP) is 2.63. The molecule has 13 heavy (non-hydrogen) atoms. The summed E-state index contributed by atoms with van der Waals surface area (Å²) in [6.45, 7) is 7.39. The van der Waals surface area contributed by atoms with Crippen molar-refractivity contribution in [3.05, 3.63) is 36.5 Å². The highest BCUT2D eigenvalue weighted by Gasteiger charge is 1.99. The van der Waals surface area contributed by atoms with Crippen LogP contribution < -0.4 is 0 Å². The van der Waals surface area contributed by atoms with Crippen LogP contribution in [-0.2, 0) is 9.53 Å². The van der Waals surface area contributed by atoms with E-state index in [2.05, 4.69) is 6.58 Å². The molecule has 0 aliphatic carbocycles. The smallest absolute Gasteiger partial charge is 0.333 e. The minimum absolute atomic E-state index is 0.323. The lowest BCUT2D eigenvalue weighted by Crippen LogP contribution is -2.04. The number of esters is 1. The molecule has 0 heterocycles. The first-order chi connectivity index (χ1) is 6.18. The second kappa shape index (κ2) is 7.35. The van der Waals surface area contributed by atoms with Crippen LogP contribution in [0.25, 0.3) is 0 Å². The molecule has 0 spiro atoms. The zero-order valence-corrected chi connectivity index (χ0v) is 8.25. The Balaban J connectivity index is 3.50. The zero-order chi connectivity index (χ0) is 10.1. The van der Waals surface area contributed by atoms with E-state index in [1.165, 1.54) is 0 Å². The fourth-order valence-corrected chi connectivity index (χ4v) is 0.626. The number of carbonyl (C=O) groups is 1. The number of hydrogen-bond acceptors (Lipinski definition) is 2. The van der Waals surface area contributed by atoms with E-state index >= 15 is 0 Å². The first-order valence-electron chi connectivity index (χ1n) is 4.27. The maximum atomic E-state index is 10.9. The van der Waals surface area contributed by atoms with Gasteiger partial charge in [0.25, 0.3) is 0 Å². The lowest BCUT2D eigenvalue weighted by atomic mass is 10.3. The van der Waals surface area contributed by atoms with Crippen LogP contribution in [0.1, 0.15) is 20.3 Å². The van der Waals surface area contributed by atoms with E-state index < -0.39 is 0 Å². The van der Waals surface area contributed by atoms with Gasteiger partial charge in [-0.1, -0.05) is 30.9 Å². The Hall–Kier alpha value is -1.31. The van der Waals surface area contributed by atoms with Gasteiger partial charge in [0.05, 0.1) is 0 Å². The van der Waals surface area contributed by atoms with Crippen LogP contribution in [0, 0.1) is 0 Å². The molecule has 0 aromatic heterocycles. The molecule has 72 valence electrons. The van der Waals surface area contributed by atoms with Crippen LogP contribution in [0.2, 0.25) is 0 Å². The fraction of sp³-hybridized carbons (Fsp3) is 0.364. The Morgan fingerprint density at radius 2 is 2.08 bits per heavy atom. The van der Waals surface area contributed by atoms with E-state index in [0.717, 1.165) is 6.42 Å². The standard InChI is InChI=1S/C11H16O2/c1-4-5-6-7-8-9-13-11(12)10(2)3/h4-5,7-8H,2,6,9H2,1,3H3. The molecule has 0 atom stereocenters. The van der Waals surface area contributed by atoms with Crippen LogP contribution in [0.5, 0.6) is 0 Å². The largest absolute Gasteiger partial charge is 0.458 e. The Labute approximate surface area is 79.6 Å². The summed E-state index contributed by atoms with van der Waals surface area (Å²) in [5.41, 5.74) is 0.432. The highest BCUT2D eigenvalue weighted by Crippen LogP contribution is 1.92. The molecule has 0 saturated carbocycles. The van der Waals surface area contributed by atoms with E-state index in [-0.39, 0.29) is 5.97 Å². The van der Waals surface area contributed by atoms with Crippen molar-refractivity contribution in [2.45, 2.75) is 20.3 Å². The summed E-state index contributed by atoms with van der Waals surface area (Å²) in [5.74, 6) is -0.337. The molecule has 0 aromatic rings. The molecule has 0 amide bonds. The monoisotopic (exact) mass is 180 g/mol. The molecule has 0 unspecified atom stereocenters. The maximum Gasteiger partial charge on any atom is 0.333 e. The highest BCUT2D eigenvalue weighted by molar-refractivity contribution is 5.86. The van der Waals surface area contributed by atoms with Crippen molar-refractivity contribution >= 4 is 5.97 Å². The van der Waals surface area contributed by atoms with Gasteiger partial charge in [-0.2, -0.15) is 0 Å². The normalized spacial score (nSPS) is 10.9. The minimum Gasteiger partial charge on any atom is -0.458 e. The number of rotatable bonds is 5. The Morgan fingerprint density at radius 3 is 2.62 bits per heavy atom. The minimum atomic E-state index is -0.337. The molecule has 0 saturated heterocycles. The second-order valence-corrected chi connectivity index (χ2v) is 2.65. The third kappa shape index (κ3) is 7.06. The average Bonchev–Trinajstić information content (AvgIpc) is 2.10. The summed E-state index contributed by atoms with van der Waals surface area (Å²) < 4.78 is 4.83. The summed E-state index contributed by atoms with van der Waals surface area (Å²) in [7, 11) is 0. The molecular weight excluding hydrogens is 164 g/mol. The van der Waals surface area contributed by atoms with Crippen molar-refractivity contribution < 1.29 is 9.53 Å². The van der Waals surface area contributed by atoms with Crippen LogP contribution in [0.3, 0.4) is 0 Å². The quantitative estimate of drug-likeness (QED) is 0.369. The highest BCUT2D eigenvalue weighted by atomic mass is 16.5. The number of ether oxygens (including phenoxy) is 1. The van der Waals surface area contributed by atoms with Gasteiger partial charge in [0.1, 0.15) is 6.61 Å². The molecule has 0 fully saturated rings. The summed E-state index contributed by atoms with van der Waals surface area (Å²) in [6.07, 6.45) is 8.65.